The van der Waals surface area contributed by atoms with E-state index in [9.17, 15) is 0 Å². The number of halogens is 2. The lowest BCUT2D eigenvalue weighted by Gasteiger charge is -2.37. The Kier molecular flexibility index (Phi) is 9.36. The minimum absolute atomic E-state index is 0.0838. The van der Waals surface area contributed by atoms with E-state index in [1.807, 2.05) is 12.1 Å². The molecular formula is C23H40Cl2N2OSi. The van der Waals surface area contributed by atoms with Gasteiger partial charge < -0.3 is 15.5 Å². The second-order valence-corrected chi connectivity index (χ2v) is 14.9. The van der Waals surface area contributed by atoms with Gasteiger partial charge in [-0.2, -0.15) is 0 Å². The molecule has 0 heterocycles. The fraction of sp³-hybridized carbons (Fsp3) is 0.739. The Morgan fingerprint density at radius 2 is 1.62 bits per heavy atom. The maximum atomic E-state index is 6.85. The first kappa shape index (κ1) is 25.0. The zero-order valence-electron chi connectivity index (χ0n) is 19.0. The molecule has 0 saturated heterocycles. The van der Waals surface area contributed by atoms with Crippen LogP contribution in [0.3, 0.4) is 0 Å². The summed E-state index contributed by atoms with van der Waals surface area (Å²) in [5.74, 6) is 1.34. The first-order chi connectivity index (χ1) is 13.5. The second kappa shape index (κ2) is 10.9. The largest absolute Gasteiger partial charge is 0.409 e. The number of anilines is 1. The number of hydrogen-bond donors (Lipinski definition) is 2. The smallest absolute Gasteiger partial charge is 0.190 e. The quantitative estimate of drug-likeness (QED) is 0.298. The first-order valence-electron chi connectivity index (χ1n) is 11.2. The molecule has 3 N–H and O–H groups in total. The van der Waals surface area contributed by atoms with Crippen LogP contribution in [0, 0.1) is 11.8 Å². The summed E-state index contributed by atoms with van der Waals surface area (Å²) in [6, 6.07) is 4.32. The maximum absolute atomic E-state index is 6.85. The highest BCUT2D eigenvalue weighted by atomic mass is 35.5. The molecule has 1 aromatic carbocycles. The van der Waals surface area contributed by atoms with Crippen LogP contribution >= 0.6 is 23.2 Å². The van der Waals surface area contributed by atoms with Gasteiger partial charge in [0, 0.05) is 12.6 Å². The highest BCUT2D eigenvalue weighted by Crippen LogP contribution is 2.37. The predicted octanol–water partition coefficient (Wildman–Crippen LogP) is 7.44. The van der Waals surface area contributed by atoms with E-state index >= 15 is 0 Å². The van der Waals surface area contributed by atoms with E-state index in [1.54, 1.807) is 0 Å². The third-order valence-corrected chi connectivity index (χ3v) is 11.4. The van der Waals surface area contributed by atoms with Gasteiger partial charge in [0.25, 0.3) is 0 Å². The van der Waals surface area contributed by atoms with Gasteiger partial charge in [-0.3, -0.25) is 0 Å². The molecule has 0 bridgehead atoms. The summed E-state index contributed by atoms with van der Waals surface area (Å²) in [4.78, 5) is 0. The third-order valence-electron chi connectivity index (χ3n) is 7.00. The van der Waals surface area contributed by atoms with Crippen LogP contribution in [0.25, 0.3) is 0 Å². The summed E-state index contributed by atoms with van der Waals surface area (Å²) >= 11 is 12.7. The van der Waals surface area contributed by atoms with Gasteiger partial charge in [-0.25, -0.2) is 0 Å². The normalized spacial score (nSPS) is 19.3. The van der Waals surface area contributed by atoms with Crippen molar-refractivity contribution < 1.29 is 4.43 Å². The van der Waals surface area contributed by atoms with Crippen molar-refractivity contribution in [2.45, 2.75) is 90.6 Å². The summed E-state index contributed by atoms with van der Waals surface area (Å²) in [6.45, 7) is 14.6. The van der Waals surface area contributed by atoms with Crippen LogP contribution in [0.15, 0.2) is 12.1 Å². The van der Waals surface area contributed by atoms with Crippen molar-refractivity contribution in [3.05, 3.63) is 27.7 Å². The topological polar surface area (TPSA) is 47.3 Å². The molecule has 6 heteroatoms. The number of nitrogens with two attached hydrogens (primary N) is 1. The highest BCUT2D eigenvalue weighted by Gasteiger charge is 2.36. The average Bonchev–Trinajstić information content (AvgIpc) is 2.68. The Balaban J connectivity index is 2.20. The molecule has 0 amide bonds. The predicted molar refractivity (Wildman–Crippen MR) is 130 cm³/mol. The van der Waals surface area contributed by atoms with Gasteiger partial charge in [0.1, 0.15) is 0 Å². The van der Waals surface area contributed by atoms with Crippen molar-refractivity contribution in [3.8, 4) is 0 Å². The van der Waals surface area contributed by atoms with E-state index in [0.717, 1.165) is 18.0 Å². The molecule has 1 aromatic rings. The fourth-order valence-electron chi connectivity index (χ4n) is 4.39. The Morgan fingerprint density at radius 1 is 1.07 bits per heavy atom. The van der Waals surface area contributed by atoms with Gasteiger partial charge in [0.05, 0.1) is 21.8 Å². The van der Waals surface area contributed by atoms with Gasteiger partial charge >= 0.3 is 0 Å². The first-order valence-corrected chi connectivity index (χ1v) is 14.9. The van der Waals surface area contributed by atoms with E-state index in [0.29, 0.717) is 33.2 Å². The van der Waals surface area contributed by atoms with Crippen LogP contribution in [0.5, 0.6) is 0 Å². The van der Waals surface area contributed by atoms with Crippen LogP contribution < -0.4 is 11.1 Å². The van der Waals surface area contributed by atoms with Crippen LogP contribution in [-0.4, -0.2) is 20.9 Å². The van der Waals surface area contributed by atoms with Crippen molar-refractivity contribution >= 4 is 37.2 Å². The minimum Gasteiger partial charge on any atom is -0.409 e. The summed E-state index contributed by atoms with van der Waals surface area (Å²) in [6.07, 6.45) is 6.65. The summed E-state index contributed by atoms with van der Waals surface area (Å²) in [7, 11) is -1.93. The zero-order valence-corrected chi connectivity index (χ0v) is 21.5. The Labute approximate surface area is 189 Å². The van der Waals surface area contributed by atoms with Crippen LogP contribution in [0.1, 0.15) is 71.5 Å². The lowest BCUT2D eigenvalue weighted by molar-refractivity contribution is 0.169. The molecule has 0 aromatic heterocycles. The molecule has 0 spiro atoms. The molecule has 1 saturated carbocycles. The summed E-state index contributed by atoms with van der Waals surface area (Å²) in [5.41, 5.74) is 7.96. The average molecular weight is 460 g/mol. The number of rotatable bonds is 9. The summed E-state index contributed by atoms with van der Waals surface area (Å²) < 4.78 is 6.85. The van der Waals surface area contributed by atoms with E-state index < -0.39 is 8.32 Å². The van der Waals surface area contributed by atoms with Crippen LogP contribution in [-0.2, 0) is 4.43 Å². The Morgan fingerprint density at radius 3 is 2.14 bits per heavy atom. The van der Waals surface area contributed by atoms with Gasteiger partial charge in [-0.1, -0.05) is 63.2 Å². The van der Waals surface area contributed by atoms with E-state index in [4.69, 9.17) is 33.4 Å². The molecule has 1 aliphatic rings. The number of benzene rings is 1. The number of nitrogen functional groups attached to an aromatic ring is 1. The Bertz CT molecular complexity index is 639. The Hall–Kier alpha value is -0.263. The van der Waals surface area contributed by atoms with Crippen LogP contribution in [0.4, 0.5) is 5.69 Å². The molecular weight excluding hydrogens is 419 g/mol. The van der Waals surface area contributed by atoms with E-state index in [-0.39, 0.29) is 6.10 Å². The van der Waals surface area contributed by atoms with E-state index in [1.165, 1.54) is 32.1 Å². The molecule has 29 heavy (non-hydrogen) atoms. The lowest BCUT2D eigenvalue weighted by Crippen LogP contribution is -2.43. The van der Waals surface area contributed by atoms with Gasteiger partial charge in [-0.05, 0) is 67.9 Å². The molecule has 0 aliphatic heterocycles. The molecule has 1 aliphatic carbocycles. The lowest BCUT2D eigenvalue weighted by atomic mass is 9.84. The van der Waals surface area contributed by atoms with Gasteiger partial charge in [0.2, 0.25) is 0 Å². The maximum Gasteiger partial charge on any atom is 0.190 e. The molecule has 3 nitrogen and oxygen atoms in total. The highest BCUT2D eigenvalue weighted by molar-refractivity contribution is 6.72. The zero-order chi connectivity index (χ0) is 21.8. The SMILES string of the molecule is CC(C)C(C)[Si](C)(C)OC(CN[C@H](C)C1CCCCC1)c1cc(Cl)c(N)c(Cl)c1. The van der Waals surface area contributed by atoms with Gasteiger partial charge in [-0.15, -0.1) is 0 Å². The molecule has 1 fully saturated rings. The summed E-state index contributed by atoms with van der Waals surface area (Å²) in [5, 5.41) is 4.77. The standard InChI is InChI=1S/C23H40Cl2N2OSi/c1-15(2)17(4)29(5,6)28-22(19-12-20(24)23(26)21(25)13-19)14-27-16(3)18-10-8-7-9-11-18/h12-13,15-18,22,27H,7-11,14,26H2,1-6H3/t16-,17?,22?/m1/s1. The van der Waals surface area contributed by atoms with Crippen molar-refractivity contribution in [1.29, 1.82) is 0 Å². The van der Waals surface area contributed by atoms with Crippen molar-refractivity contribution in [2.75, 3.05) is 12.3 Å². The van der Waals surface area contributed by atoms with Crippen molar-refractivity contribution in [2.24, 2.45) is 11.8 Å². The molecule has 2 rings (SSSR count). The molecule has 2 unspecified atom stereocenters. The van der Waals surface area contributed by atoms with E-state index in [2.05, 4.69) is 46.1 Å². The number of hydrogen-bond acceptors (Lipinski definition) is 3. The van der Waals surface area contributed by atoms with Crippen LogP contribution in [0.2, 0.25) is 28.7 Å². The van der Waals surface area contributed by atoms with Gasteiger partial charge in [0.15, 0.2) is 8.32 Å². The molecule has 3 atom stereocenters. The minimum atomic E-state index is -1.93. The van der Waals surface area contributed by atoms with Crippen molar-refractivity contribution in [3.63, 3.8) is 0 Å². The molecule has 0 radical (unpaired) electrons. The monoisotopic (exact) mass is 458 g/mol. The fourth-order valence-corrected chi connectivity index (χ4v) is 7.66. The molecule has 166 valence electrons. The second-order valence-electron chi connectivity index (χ2n) is 9.74. The number of nitrogens with one attached hydrogen (secondary N) is 1. The third kappa shape index (κ3) is 6.86. The van der Waals surface area contributed by atoms with Crippen molar-refractivity contribution in [1.82, 2.24) is 5.32 Å².